The van der Waals surface area contributed by atoms with Gasteiger partial charge in [0.1, 0.15) is 24.0 Å². The number of morpholine rings is 1. The van der Waals surface area contributed by atoms with Crippen LogP contribution in [-0.4, -0.2) is 75.9 Å². The topological polar surface area (TPSA) is 102 Å². The summed E-state index contributed by atoms with van der Waals surface area (Å²) in [7, 11) is 0. The van der Waals surface area contributed by atoms with Crippen molar-refractivity contribution in [1.29, 1.82) is 0 Å². The van der Waals surface area contributed by atoms with E-state index in [9.17, 15) is 22.4 Å². The third kappa shape index (κ3) is 5.37. The van der Waals surface area contributed by atoms with Gasteiger partial charge >= 0.3 is 6.18 Å². The number of primary amides is 1. The molecule has 13 heteroatoms. The number of carbonyl (C=O) groups is 1. The van der Waals surface area contributed by atoms with Gasteiger partial charge in [0.05, 0.1) is 42.4 Å². The van der Waals surface area contributed by atoms with E-state index in [1.165, 1.54) is 12.4 Å². The summed E-state index contributed by atoms with van der Waals surface area (Å²) in [4.78, 5) is 27.9. The van der Waals surface area contributed by atoms with Crippen LogP contribution < -0.4 is 10.6 Å². The monoisotopic (exact) mass is 521 g/mol. The number of halogens is 4. The summed E-state index contributed by atoms with van der Waals surface area (Å²) >= 11 is 0. The van der Waals surface area contributed by atoms with E-state index in [4.69, 9.17) is 10.5 Å². The highest BCUT2D eigenvalue weighted by molar-refractivity contribution is 5.88. The quantitative estimate of drug-likeness (QED) is 0.498. The smallest absolute Gasteiger partial charge is 0.377 e. The molecular weight excluding hydrogens is 494 g/mol. The molecule has 3 aromatic heterocycles. The molecule has 0 aromatic carbocycles. The standard InChI is InChI=1S/C24H27F4N7O2/c25-18-11-33(12-21(29)36)5-3-15(18)10-34-6-4-17-22(34)31-14-32-23(17)35-7-8-37-13-20(35)19-2-1-16(9-30-19)24(26,27)28/h1-2,4,6,9,14-15,18,20H,3,5,7-8,10-13H2,(H2,29,36)/t15-,18+,20-/m1/s1. The minimum absolute atomic E-state index is 0.0463. The largest absolute Gasteiger partial charge is 0.417 e. The number of alkyl halides is 4. The number of ether oxygens (including phenoxy) is 1. The number of pyridine rings is 1. The van der Waals surface area contributed by atoms with E-state index in [0.717, 1.165) is 17.6 Å². The lowest BCUT2D eigenvalue weighted by Gasteiger charge is -2.36. The van der Waals surface area contributed by atoms with Gasteiger partial charge in [-0.3, -0.25) is 14.7 Å². The Morgan fingerprint density at radius 3 is 2.70 bits per heavy atom. The lowest BCUT2D eigenvalue weighted by Crippen LogP contribution is -2.46. The van der Waals surface area contributed by atoms with Gasteiger partial charge in [0.2, 0.25) is 5.91 Å². The maximum absolute atomic E-state index is 14.9. The second-order valence-corrected chi connectivity index (χ2v) is 9.42. The van der Waals surface area contributed by atoms with E-state index in [2.05, 4.69) is 15.0 Å². The molecule has 0 spiro atoms. The fraction of sp³-hybridized carbons (Fsp3) is 0.500. The zero-order valence-electron chi connectivity index (χ0n) is 19.9. The summed E-state index contributed by atoms with van der Waals surface area (Å²) in [6.07, 6.45) is -0.887. The maximum Gasteiger partial charge on any atom is 0.417 e. The van der Waals surface area contributed by atoms with E-state index in [1.807, 2.05) is 21.7 Å². The molecule has 2 saturated heterocycles. The molecule has 0 unspecified atom stereocenters. The molecule has 2 aliphatic heterocycles. The second-order valence-electron chi connectivity index (χ2n) is 9.42. The zero-order chi connectivity index (χ0) is 26.2. The van der Waals surface area contributed by atoms with Gasteiger partial charge in [-0.2, -0.15) is 13.2 Å². The summed E-state index contributed by atoms with van der Waals surface area (Å²) in [5.41, 5.74) is 5.51. The first-order valence-electron chi connectivity index (χ1n) is 12.0. The molecule has 37 heavy (non-hydrogen) atoms. The third-order valence-electron chi connectivity index (χ3n) is 6.96. The molecule has 9 nitrogen and oxygen atoms in total. The predicted octanol–water partition coefficient (Wildman–Crippen LogP) is 2.57. The van der Waals surface area contributed by atoms with Crippen LogP contribution in [0.5, 0.6) is 0 Å². The molecule has 3 aromatic rings. The van der Waals surface area contributed by atoms with Crippen LogP contribution in [0.15, 0.2) is 36.9 Å². The number of hydrogen-bond donors (Lipinski definition) is 1. The van der Waals surface area contributed by atoms with Gasteiger partial charge in [-0.15, -0.1) is 0 Å². The van der Waals surface area contributed by atoms with Crippen molar-refractivity contribution in [2.24, 2.45) is 11.7 Å². The summed E-state index contributed by atoms with van der Waals surface area (Å²) in [6.45, 7) is 2.35. The number of anilines is 1. The van der Waals surface area contributed by atoms with E-state index in [-0.39, 0.29) is 25.6 Å². The first kappa shape index (κ1) is 25.3. The molecule has 0 radical (unpaired) electrons. The Balaban J connectivity index is 1.37. The Morgan fingerprint density at radius 2 is 2.00 bits per heavy atom. The van der Waals surface area contributed by atoms with Gasteiger partial charge < -0.3 is 19.9 Å². The SMILES string of the molecule is NC(=O)CN1CC[C@H](Cn2ccc3c(N4CCOC[C@@H]4c4ccc(C(F)(F)F)cn4)ncnc32)[C@@H](F)C1. The number of rotatable bonds is 6. The van der Waals surface area contributed by atoms with Gasteiger partial charge in [0, 0.05) is 37.9 Å². The molecule has 0 bridgehead atoms. The van der Waals surface area contributed by atoms with Crippen molar-refractivity contribution in [3.05, 3.63) is 48.2 Å². The van der Waals surface area contributed by atoms with Crippen LogP contribution in [0.25, 0.3) is 11.0 Å². The van der Waals surface area contributed by atoms with Crippen LogP contribution in [0, 0.1) is 5.92 Å². The number of carbonyl (C=O) groups excluding carboxylic acids is 1. The van der Waals surface area contributed by atoms with Crippen molar-refractivity contribution in [2.45, 2.75) is 31.4 Å². The molecule has 2 N–H and O–H groups in total. The summed E-state index contributed by atoms with van der Waals surface area (Å²) in [5, 5.41) is 0.753. The molecule has 0 saturated carbocycles. The number of aromatic nitrogens is 4. The lowest BCUT2D eigenvalue weighted by molar-refractivity contribution is -0.137. The Kier molecular flexibility index (Phi) is 6.99. The van der Waals surface area contributed by atoms with E-state index >= 15 is 0 Å². The fourth-order valence-corrected chi connectivity index (χ4v) is 5.08. The normalized spacial score (nSPS) is 23.5. The van der Waals surface area contributed by atoms with Crippen molar-refractivity contribution in [3.8, 4) is 0 Å². The Bertz CT molecular complexity index is 1250. The van der Waals surface area contributed by atoms with Crippen LogP contribution in [0.1, 0.15) is 23.7 Å². The number of piperidine rings is 1. The Labute approximate surface area is 210 Å². The molecule has 0 aliphatic carbocycles. The van der Waals surface area contributed by atoms with E-state index in [1.54, 1.807) is 4.90 Å². The van der Waals surface area contributed by atoms with Gasteiger partial charge in [-0.25, -0.2) is 14.4 Å². The van der Waals surface area contributed by atoms with Crippen LogP contribution in [0.3, 0.4) is 0 Å². The summed E-state index contributed by atoms with van der Waals surface area (Å²) in [5.74, 6) is -0.100. The molecule has 5 rings (SSSR count). The first-order valence-corrected chi connectivity index (χ1v) is 12.0. The number of fused-ring (bicyclic) bond motifs is 1. The fourth-order valence-electron chi connectivity index (χ4n) is 5.08. The number of hydrogen-bond acceptors (Lipinski definition) is 7. The summed E-state index contributed by atoms with van der Waals surface area (Å²) in [6, 6.07) is 3.82. The molecule has 2 aliphatic rings. The number of likely N-dealkylation sites (tertiary alicyclic amines) is 1. The van der Waals surface area contributed by atoms with E-state index in [0.29, 0.717) is 49.8 Å². The van der Waals surface area contributed by atoms with Crippen LogP contribution in [0.2, 0.25) is 0 Å². The number of nitrogens with two attached hydrogens (primary N) is 1. The highest BCUT2D eigenvalue weighted by Crippen LogP contribution is 2.34. The average Bonchev–Trinajstić information content (AvgIpc) is 3.28. The first-order chi connectivity index (χ1) is 17.7. The van der Waals surface area contributed by atoms with Crippen molar-refractivity contribution in [1.82, 2.24) is 24.4 Å². The number of nitrogens with zero attached hydrogens (tertiary/aromatic N) is 6. The molecule has 3 atom stereocenters. The Hall–Kier alpha value is -3.32. The highest BCUT2D eigenvalue weighted by atomic mass is 19.4. The average molecular weight is 522 g/mol. The van der Waals surface area contributed by atoms with Crippen molar-refractivity contribution >= 4 is 22.8 Å². The predicted molar refractivity (Wildman–Crippen MR) is 126 cm³/mol. The van der Waals surface area contributed by atoms with E-state index < -0.39 is 29.9 Å². The Morgan fingerprint density at radius 1 is 1.16 bits per heavy atom. The van der Waals surface area contributed by atoms with Crippen molar-refractivity contribution in [3.63, 3.8) is 0 Å². The van der Waals surface area contributed by atoms with Crippen LogP contribution >= 0.6 is 0 Å². The van der Waals surface area contributed by atoms with Gasteiger partial charge in [0.25, 0.3) is 0 Å². The zero-order valence-corrected chi connectivity index (χ0v) is 19.9. The number of amides is 1. The highest BCUT2D eigenvalue weighted by Gasteiger charge is 2.34. The maximum atomic E-state index is 14.9. The van der Waals surface area contributed by atoms with Gasteiger partial charge in [0.15, 0.2) is 0 Å². The summed E-state index contributed by atoms with van der Waals surface area (Å²) < 4.78 is 61.4. The minimum Gasteiger partial charge on any atom is -0.377 e. The van der Waals surface area contributed by atoms with Crippen molar-refractivity contribution < 1.29 is 27.1 Å². The van der Waals surface area contributed by atoms with Crippen molar-refractivity contribution in [2.75, 3.05) is 44.3 Å². The van der Waals surface area contributed by atoms with Gasteiger partial charge in [-0.1, -0.05) is 0 Å². The van der Waals surface area contributed by atoms with Gasteiger partial charge in [-0.05, 0) is 31.2 Å². The third-order valence-corrected chi connectivity index (χ3v) is 6.96. The lowest BCUT2D eigenvalue weighted by atomic mass is 9.94. The second kappa shape index (κ2) is 10.2. The molecular formula is C24H27F4N7O2. The molecule has 1 amide bonds. The van der Waals surface area contributed by atoms with Crippen LogP contribution in [0.4, 0.5) is 23.4 Å². The molecule has 5 heterocycles. The van der Waals surface area contributed by atoms with Crippen LogP contribution in [-0.2, 0) is 22.3 Å². The minimum atomic E-state index is -4.47. The molecule has 2 fully saturated rings. The molecule has 198 valence electrons.